The molecular formula is C19H15FN2O4PS+. The summed E-state index contributed by atoms with van der Waals surface area (Å²) in [7, 11) is -1.17. The standard InChI is InChI=1S/C19H13FN2O2S.HO2P/c20-14-7-8-17-16(11-14)22-18(25-17)13-5-3-12(4-6-13)10-15-2-1-9-24-19(23)21-15;1-3-2/h1-9,11H,10H2,(H,21,23);3H/p+1. The molecule has 9 heteroatoms. The van der Waals surface area contributed by atoms with E-state index in [1.165, 1.54) is 29.7 Å². The third-order valence-electron chi connectivity index (χ3n) is 3.76. The number of ether oxygens (including phenoxy) is 1. The smallest absolute Gasteiger partial charge is 0.418 e. The average molecular weight is 417 g/mol. The fraction of sp³-hybridized carbons (Fsp3) is 0.0526. The van der Waals surface area contributed by atoms with Crippen molar-refractivity contribution in [3.63, 3.8) is 0 Å². The molecule has 0 bridgehead atoms. The SMILES string of the molecule is O=C1NC(Cc2ccc(-c3nc4cc(F)ccc4s3)cc2)=CC=CO1.O=[PH+]O. The van der Waals surface area contributed by atoms with Crippen LogP contribution < -0.4 is 5.32 Å². The van der Waals surface area contributed by atoms with E-state index >= 15 is 0 Å². The maximum absolute atomic E-state index is 13.3. The minimum atomic E-state index is -1.17. The van der Waals surface area contributed by atoms with Crippen molar-refractivity contribution >= 4 is 36.3 Å². The number of rotatable bonds is 3. The third kappa shape index (κ3) is 5.07. The van der Waals surface area contributed by atoms with Crippen LogP contribution in [0.15, 0.2) is 66.6 Å². The molecule has 3 aromatic rings. The minimum absolute atomic E-state index is 0.281. The molecule has 0 radical (unpaired) electrons. The molecule has 2 aromatic carbocycles. The third-order valence-corrected chi connectivity index (χ3v) is 4.84. The summed E-state index contributed by atoms with van der Waals surface area (Å²) in [6, 6.07) is 12.6. The van der Waals surface area contributed by atoms with E-state index in [4.69, 9.17) is 14.2 Å². The van der Waals surface area contributed by atoms with Gasteiger partial charge in [0.25, 0.3) is 0 Å². The first-order valence-electron chi connectivity index (χ1n) is 8.09. The molecule has 0 spiro atoms. The highest BCUT2D eigenvalue weighted by molar-refractivity contribution is 7.21. The zero-order valence-electron chi connectivity index (χ0n) is 14.4. The van der Waals surface area contributed by atoms with Crippen LogP contribution in [-0.2, 0) is 15.7 Å². The number of amides is 1. The van der Waals surface area contributed by atoms with Crippen molar-refractivity contribution in [2.45, 2.75) is 6.42 Å². The van der Waals surface area contributed by atoms with Crippen LogP contribution in [0.1, 0.15) is 5.56 Å². The predicted molar refractivity (Wildman–Crippen MR) is 107 cm³/mol. The van der Waals surface area contributed by atoms with Gasteiger partial charge in [0, 0.05) is 23.7 Å². The first-order valence-corrected chi connectivity index (χ1v) is 9.76. The zero-order valence-corrected chi connectivity index (χ0v) is 16.2. The lowest BCUT2D eigenvalue weighted by atomic mass is 10.1. The van der Waals surface area contributed by atoms with Crippen molar-refractivity contribution in [2.24, 2.45) is 0 Å². The van der Waals surface area contributed by atoms with E-state index < -0.39 is 14.8 Å². The number of hydrogen-bond donors (Lipinski definition) is 2. The molecule has 1 atom stereocenters. The fourth-order valence-electron chi connectivity index (χ4n) is 2.57. The van der Waals surface area contributed by atoms with Gasteiger partial charge in [-0.3, -0.25) is 5.32 Å². The Balaban J connectivity index is 0.000000706. The molecule has 1 unspecified atom stereocenters. The average Bonchev–Trinajstić information content (AvgIpc) is 2.98. The normalized spacial score (nSPS) is 13.2. The number of hydrogen-bond acceptors (Lipinski definition) is 5. The number of alkyl carbamates (subject to hydrolysis) is 1. The predicted octanol–water partition coefficient (Wildman–Crippen LogP) is 4.70. The second-order valence-electron chi connectivity index (χ2n) is 5.65. The van der Waals surface area contributed by atoms with Gasteiger partial charge in [0.15, 0.2) is 0 Å². The molecule has 0 fully saturated rings. The topological polar surface area (TPSA) is 88.5 Å². The maximum atomic E-state index is 13.3. The highest BCUT2D eigenvalue weighted by Gasteiger charge is 2.10. The molecule has 2 heterocycles. The van der Waals surface area contributed by atoms with Crippen molar-refractivity contribution in [1.82, 2.24) is 10.3 Å². The van der Waals surface area contributed by atoms with E-state index in [9.17, 15) is 9.18 Å². The van der Waals surface area contributed by atoms with E-state index in [2.05, 4.69) is 10.3 Å². The Morgan fingerprint density at radius 3 is 2.71 bits per heavy atom. The molecule has 6 nitrogen and oxygen atoms in total. The van der Waals surface area contributed by atoms with Gasteiger partial charge in [-0.2, -0.15) is 4.89 Å². The number of fused-ring (bicyclic) bond motifs is 1. The molecule has 0 saturated heterocycles. The molecule has 1 aromatic heterocycles. The Morgan fingerprint density at radius 1 is 1.21 bits per heavy atom. The Morgan fingerprint density at radius 2 is 1.96 bits per heavy atom. The molecule has 0 saturated carbocycles. The van der Waals surface area contributed by atoms with Crippen LogP contribution in [-0.4, -0.2) is 16.0 Å². The molecule has 1 aliphatic heterocycles. The Kier molecular flexibility index (Phi) is 6.60. The van der Waals surface area contributed by atoms with Gasteiger partial charge >= 0.3 is 14.8 Å². The van der Waals surface area contributed by atoms with Crippen LogP contribution in [0.5, 0.6) is 0 Å². The first-order chi connectivity index (χ1) is 13.6. The molecule has 0 aliphatic carbocycles. The summed E-state index contributed by atoms with van der Waals surface area (Å²) in [6.07, 6.45) is 4.94. The van der Waals surface area contributed by atoms with Crippen LogP contribution in [0.2, 0.25) is 0 Å². The van der Waals surface area contributed by atoms with E-state index in [-0.39, 0.29) is 5.82 Å². The Hall–Kier alpha value is -2.93. The van der Waals surface area contributed by atoms with Crippen LogP contribution >= 0.6 is 20.0 Å². The number of cyclic esters (lactones) is 1. The number of carbonyl (C=O) groups is 1. The summed E-state index contributed by atoms with van der Waals surface area (Å²) in [4.78, 5) is 22.9. The van der Waals surface area contributed by atoms with Crippen molar-refractivity contribution in [1.29, 1.82) is 0 Å². The number of halogens is 1. The van der Waals surface area contributed by atoms with Crippen molar-refractivity contribution < 1.29 is 23.4 Å². The van der Waals surface area contributed by atoms with E-state index in [1.54, 1.807) is 18.2 Å². The summed E-state index contributed by atoms with van der Waals surface area (Å²) < 4.78 is 27.5. The maximum Gasteiger partial charge on any atom is 0.491 e. The Bertz CT molecular complexity index is 1060. The zero-order chi connectivity index (χ0) is 19.9. The molecule has 28 heavy (non-hydrogen) atoms. The van der Waals surface area contributed by atoms with Gasteiger partial charge in [0.2, 0.25) is 0 Å². The summed E-state index contributed by atoms with van der Waals surface area (Å²) in [5.41, 5.74) is 3.47. The van der Waals surface area contributed by atoms with Gasteiger partial charge in [0.1, 0.15) is 10.8 Å². The van der Waals surface area contributed by atoms with Gasteiger partial charge in [-0.05, 0) is 34.4 Å². The minimum Gasteiger partial charge on any atom is -0.418 e. The largest absolute Gasteiger partial charge is 0.491 e. The van der Waals surface area contributed by atoms with Crippen LogP contribution in [0.4, 0.5) is 9.18 Å². The number of nitrogens with zero attached hydrogens (tertiary/aromatic N) is 1. The van der Waals surface area contributed by atoms with Crippen LogP contribution in [0.25, 0.3) is 20.8 Å². The molecule has 2 N–H and O–H groups in total. The number of carbonyl (C=O) groups excluding carboxylic acids is 1. The number of benzene rings is 2. The lowest BCUT2D eigenvalue weighted by Crippen LogP contribution is -2.22. The lowest BCUT2D eigenvalue weighted by Gasteiger charge is -2.07. The second-order valence-corrected chi connectivity index (χ2v) is 6.86. The van der Waals surface area contributed by atoms with Crippen LogP contribution in [0.3, 0.4) is 0 Å². The monoisotopic (exact) mass is 417 g/mol. The van der Waals surface area contributed by atoms with E-state index in [1.807, 2.05) is 24.3 Å². The number of allylic oxidation sites excluding steroid dienone is 3. The number of aromatic nitrogens is 1. The van der Waals surface area contributed by atoms with Crippen LogP contribution in [0, 0.1) is 5.82 Å². The van der Waals surface area contributed by atoms with Gasteiger partial charge < -0.3 is 4.74 Å². The summed E-state index contributed by atoms with van der Waals surface area (Å²) in [6.45, 7) is 0. The number of thiazole rings is 1. The van der Waals surface area contributed by atoms with Gasteiger partial charge in [-0.25, -0.2) is 14.2 Å². The van der Waals surface area contributed by atoms with Gasteiger partial charge in [0.05, 0.1) is 16.5 Å². The quantitative estimate of drug-likeness (QED) is 0.603. The summed E-state index contributed by atoms with van der Waals surface area (Å²) in [5, 5.41) is 3.54. The van der Waals surface area contributed by atoms with E-state index in [0.717, 1.165) is 26.5 Å². The highest BCUT2D eigenvalue weighted by Crippen LogP contribution is 2.30. The first kappa shape index (κ1) is 19.8. The molecule has 1 aliphatic rings. The van der Waals surface area contributed by atoms with Crippen molar-refractivity contribution in [2.75, 3.05) is 0 Å². The number of nitrogens with one attached hydrogen (secondary N) is 1. The summed E-state index contributed by atoms with van der Waals surface area (Å²) >= 11 is 1.53. The molecule has 142 valence electrons. The van der Waals surface area contributed by atoms with Crippen molar-refractivity contribution in [3.8, 4) is 10.6 Å². The molecular weight excluding hydrogens is 402 g/mol. The Labute approximate surface area is 165 Å². The van der Waals surface area contributed by atoms with Gasteiger partial charge in [-0.15, -0.1) is 11.3 Å². The fourth-order valence-corrected chi connectivity index (χ4v) is 3.52. The highest BCUT2D eigenvalue weighted by atomic mass is 32.1. The van der Waals surface area contributed by atoms with Crippen molar-refractivity contribution in [3.05, 3.63) is 78.0 Å². The molecule has 4 rings (SSSR count). The summed E-state index contributed by atoms with van der Waals surface area (Å²) in [5.74, 6) is -0.281. The van der Waals surface area contributed by atoms with Gasteiger partial charge in [-0.1, -0.05) is 24.3 Å². The second kappa shape index (κ2) is 9.32. The lowest BCUT2D eigenvalue weighted by molar-refractivity contribution is 0.189. The van der Waals surface area contributed by atoms with E-state index in [0.29, 0.717) is 11.9 Å². The molecule has 1 amide bonds.